The smallest absolute Gasteiger partial charge is 0.272 e. The molecule has 2 aromatic heterocycles. The Labute approximate surface area is 180 Å². The van der Waals surface area contributed by atoms with E-state index in [2.05, 4.69) is 21.6 Å². The molecule has 0 bridgehead atoms. The summed E-state index contributed by atoms with van der Waals surface area (Å²) in [6, 6.07) is 6.00. The van der Waals surface area contributed by atoms with Crippen molar-refractivity contribution >= 4 is 45.9 Å². The molecule has 0 radical (unpaired) electrons. The van der Waals surface area contributed by atoms with Crippen molar-refractivity contribution in [1.29, 1.82) is 0 Å². The van der Waals surface area contributed by atoms with Gasteiger partial charge in [-0.15, -0.1) is 22.0 Å². The first kappa shape index (κ1) is 20.1. The number of hydrogen-bond donors (Lipinski definition) is 1. The second-order valence-electron chi connectivity index (χ2n) is 6.72. The topological polar surface area (TPSA) is 89.8 Å². The monoisotopic (exact) mass is 445 g/mol. The van der Waals surface area contributed by atoms with E-state index in [-0.39, 0.29) is 17.2 Å². The molecule has 0 aliphatic carbocycles. The zero-order chi connectivity index (χ0) is 20.5. The van der Waals surface area contributed by atoms with Gasteiger partial charge in [-0.05, 0) is 44.0 Å². The van der Waals surface area contributed by atoms with Crippen LogP contribution in [0.5, 0.6) is 0 Å². The normalized spacial score (nSPS) is 12.8. The predicted molar refractivity (Wildman–Crippen MR) is 118 cm³/mol. The molecular formula is C19H19N5O2S3. The highest BCUT2D eigenvalue weighted by Gasteiger charge is 2.23. The van der Waals surface area contributed by atoms with Gasteiger partial charge in [-0.3, -0.25) is 19.5 Å². The minimum absolute atomic E-state index is 0.0647. The van der Waals surface area contributed by atoms with Crippen LogP contribution in [0.25, 0.3) is 5.69 Å². The van der Waals surface area contributed by atoms with Crippen LogP contribution in [0.4, 0.5) is 5.13 Å². The van der Waals surface area contributed by atoms with Crippen LogP contribution in [-0.2, 0) is 11.2 Å². The molecule has 4 rings (SSSR count). The zero-order valence-electron chi connectivity index (χ0n) is 16.2. The van der Waals surface area contributed by atoms with Crippen molar-refractivity contribution in [3.63, 3.8) is 0 Å². The number of fused-ring (bicyclic) bond motifs is 1. The molecule has 0 saturated heterocycles. The first-order valence-corrected chi connectivity index (χ1v) is 11.8. The third-order valence-corrected chi connectivity index (χ3v) is 7.04. The van der Waals surface area contributed by atoms with Gasteiger partial charge in [-0.2, -0.15) is 0 Å². The number of amides is 1. The van der Waals surface area contributed by atoms with Crippen molar-refractivity contribution in [2.75, 3.05) is 16.8 Å². The Morgan fingerprint density at radius 2 is 1.97 bits per heavy atom. The van der Waals surface area contributed by atoms with E-state index in [0.717, 1.165) is 39.7 Å². The maximum atomic E-state index is 13.2. The number of hydrogen-bond acceptors (Lipinski definition) is 8. The van der Waals surface area contributed by atoms with Gasteiger partial charge in [-0.1, -0.05) is 29.2 Å². The highest BCUT2D eigenvalue weighted by Crippen LogP contribution is 2.30. The van der Waals surface area contributed by atoms with Crippen LogP contribution in [0, 0.1) is 20.8 Å². The molecule has 0 spiro atoms. The van der Waals surface area contributed by atoms with E-state index in [4.69, 9.17) is 4.98 Å². The number of nitrogens with zero attached hydrogens (tertiary/aromatic N) is 4. The first-order valence-electron chi connectivity index (χ1n) is 9.01. The van der Waals surface area contributed by atoms with Crippen molar-refractivity contribution in [2.45, 2.75) is 37.2 Å². The Kier molecular flexibility index (Phi) is 5.75. The number of carbonyl (C=O) groups is 1. The number of thioether (sulfide) groups is 2. The van der Waals surface area contributed by atoms with E-state index in [9.17, 15) is 9.59 Å². The van der Waals surface area contributed by atoms with Gasteiger partial charge in [0.2, 0.25) is 11.0 Å². The van der Waals surface area contributed by atoms with Crippen molar-refractivity contribution in [3.8, 4) is 5.69 Å². The van der Waals surface area contributed by atoms with E-state index in [1.165, 1.54) is 23.1 Å². The molecule has 0 saturated carbocycles. The number of aromatic nitrogens is 4. The lowest BCUT2D eigenvalue weighted by atomic mass is 10.1. The molecule has 7 nitrogen and oxygen atoms in total. The van der Waals surface area contributed by atoms with Crippen molar-refractivity contribution in [3.05, 3.63) is 50.4 Å². The molecule has 3 aromatic rings. The molecular weight excluding hydrogens is 426 g/mol. The van der Waals surface area contributed by atoms with E-state index in [1.54, 1.807) is 16.3 Å². The lowest BCUT2D eigenvalue weighted by molar-refractivity contribution is -0.113. The van der Waals surface area contributed by atoms with Crippen LogP contribution in [0.15, 0.2) is 33.0 Å². The minimum Gasteiger partial charge on any atom is -0.300 e. The molecule has 0 unspecified atom stereocenters. The molecule has 150 valence electrons. The first-order chi connectivity index (χ1) is 13.9. The van der Waals surface area contributed by atoms with E-state index >= 15 is 0 Å². The number of aryl methyl sites for hydroxylation is 4. The van der Waals surface area contributed by atoms with Gasteiger partial charge in [0.15, 0.2) is 5.16 Å². The molecule has 29 heavy (non-hydrogen) atoms. The summed E-state index contributed by atoms with van der Waals surface area (Å²) in [5, 5.41) is 12.3. The molecule has 10 heteroatoms. The number of anilines is 1. The summed E-state index contributed by atoms with van der Waals surface area (Å²) in [5.74, 6) is 0.777. The SMILES string of the molecule is Cc1cc(C)cc(-n2c(SCC(=O)Nc3nnc(C)s3)nc3c(c2=O)SCC3)c1. The quantitative estimate of drug-likeness (QED) is 0.476. The Balaban J connectivity index is 1.66. The average molecular weight is 446 g/mol. The standard InChI is InChI=1S/C19H19N5O2S3/c1-10-6-11(2)8-13(7-10)24-17(26)16-14(4-5-27-16)20-19(24)28-9-15(25)21-18-23-22-12(3)29-18/h6-8H,4-5,9H2,1-3H3,(H,21,23,25). The molecule has 0 fully saturated rings. The summed E-state index contributed by atoms with van der Waals surface area (Å²) in [7, 11) is 0. The maximum Gasteiger partial charge on any atom is 0.272 e. The summed E-state index contributed by atoms with van der Waals surface area (Å²) in [4.78, 5) is 31.0. The van der Waals surface area contributed by atoms with Gasteiger partial charge >= 0.3 is 0 Å². The van der Waals surface area contributed by atoms with Crippen LogP contribution >= 0.6 is 34.9 Å². The van der Waals surface area contributed by atoms with Crippen LogP contribution in [0.2, 0.25) is 0 Å². The summed E-state index contributed by atoms with van der Waals surface area (Å²) < 4.78 is 1.63. The van der Waals surface area contributed by atoms with E-state index < -0.39 is 0 Å². The van der Waals surface area contributed by atoms with Crippen LogP contribution in [-0.4, -0.2) is 37.2 Å². The summed E-state index contributed by atoms with van der Waals surface area (Å²) >= 11 is 4.13. The van der Waals surface area contributed by atoms with Gasteiger partial charge in [0.05, 0.1) is 22.0 Å². The fourth-order valence-electron chi connectivity index (χ4n) is 3.13. The fourth-order valence-corrected chi connectivity index (χ4v) is 5.59. The third-order valence-electron chi connectivity index (χ3n) is 4.24. The number of benzene rings is 1. The summed E-state index contributed by atoms with van der Waals surface area (Å²) in [6.45, 7) is 5.83. The molecule has 1 amide bonds. The third kappa shape index (κ3) is 4.39. The second kappa shape index (κ2) is 8.29. The second-order valence-corrected chi connectivity index (χ2v) is 9.95. The Morgan fingerprint density at radius 3 is 2.66 bits per heavy atom. The average Bonchev–Trinajstić information content (AvgIpc) is 3.28. The number of carbonyl (C=O) groups excluding carboxylic acids is 1. The van der Waals surface area contributed by atoms with E-state index in [1.807, 2.05) is 32.9 Å². The summed E-state index contributed by atoms with van der Waals surface area (Å²) in [5.41, 5.74) is 3.67. The zero-order valence-corrected chi connectivity index (χ0v) is 18.6. The highest BCUT2D eigenvalue weighted by atomic mass is 32.2. The van der Waals surface area contributed by atoms with Gasteiger partial charge in [0.1, 0.15) is 5.01 Å². The number of nitrogens with one attached hydrogen (secondary N) is 1. The molecule has 1 N–H and O–H groups in total. The molecule has 0 atom stereocenters. The largest absolute Gasteiger partial charge is 0.300 e. The molecule has 3 heterocycles. The highest BCUT2D eigenvalue weighted by molar-refractivity contribution is 8.00. The Bertz CT molecular complexity index is 1130. The molecule has 1 aromatic carbocycles. The number of rotatable bonds is 5. The van der Waals surface area contributed by atoms with Crippen LogP contribution < -0.4 is 10.9 Å². The lowest BCUT2D eigenvalue weighted by Crippen LogP contribution is -2.25. The maximum absolute atomic E-state index is 13.2. The van der Waals surface area contributed by atoms with Crippen molar-refractivity contribution < 1.29 is 4.79 Å². The fraction of sp³-hybridized carbons (Fsp3) is 0.316. The lowest BCUT2D eigenvalue weighted by Gasteiger charge is -2.14. The van der Waals surface area contributed by atoms with Crippen LogP contribution in [0.3, 0.4) is 0 Å². The molecule has 1 aliphatic heterocycles. The van der Waals surface area contributed by atoms with Gasteiger partial charge in [0, 0.05) is 12.2 Å². The predicted octanol–water partition coefficient (Wildman–Crippen LogP) is 3.39. The van der Waals surface area contributed by atoms with Crippen molar-refractivity contribution in [1.82, 2.24) is 19.7 Å². The van der Waals surface area contributed by atoms with E-state index in [0.29, 0.717) is 15.2 Å². The summed E-state index contributed by atoms with van der Waals surface area (Å²) in [6.07, 6.45) is 0.771. The van der Waals surface area contributed by atoms with Crippen molar-refractivity contribution in [2.24, 2.45) is 0 Å². The Morgan fingerprint density at radius 1 is 1.21 bits per heavy atom. The van der Waals surface area contributed by atoms with Gasteiger partial charge in [0.25, 0.3) is 5.56 Å². The Hall–Kier alpha value is -2.17. The van der Waals surface area contributed by atoms with Crippen LogP contribution in [0.1, 0.15) is 21.8 Å². The van der Waals surface area contributed by atoms with Gasteiger partial charge < -0.3 is 0 Å². The molecule has 1 aliphatic rings. The van der Waals surface area contributed by atoms with Gasteiger partial charge in [-0.25, -0.2) is 4.98 Å². The minimum atomic E-state index is -0.206.